The van der Waals surface area contributed by atoms with Crippen molar-refractivity contribution in [3.8, 4) is 28.3 Å². The number of oxazole rings is 1. The Bertz CT molecular complexity index is 1590. The first-order valence-electron chi connectivity index (χ1n) is 9.62. The molecule has 0 aliphatic carbocycles. The third-order valence-electron chi connectivity index (χ3n) is 5.20. The molecule has 0 saturated heterocycles. The molecule has 0 aliphatic rings. The van der Waals surface area contributed by atoms with E-state index < -0.39 is 17.4 Å². The number of alkyl halides is 3. The number of rotatable bonds is 3. The van der Waals surface area contributed by atoms with Crippen LogP contribution in [0, 0.1) is 6.92 Å². The number of aryl methyl sites for hydroxylation is 1. The van der Waals surface area contributed by atoms with Crippen LogP contribution in [0.25, 0.3) is 39.3 Å². The van der Waals surface area contributed by atoms with Crippen LogP contribution < -0.4 is 10.3 Å². The van der Waals surface area contributed by atoms with E-state index in [0.717, 1.165) is 4.52 Å². The van der Waals surface area contributed by atoms with Crippen molar-refractivity contribution in [2.24, 2.45) is 0 Å². The number of methoxy groups -OCH3 is 1. The maximum absolute atomic E-state index is 13.9. The van der Waals surface area contributed by atoms with Crippen LogP contribution >= 0.6 is 15.9 Å². The van der Waals surface area contributed by atoms with Crippen LogP contribution in [0.5, 0.6) is 5.75 Å². The molecule has 1 N–H and O–H groups in total. The summed E-state index contributed by atoms with van der Waals surface area (Å²) in [6, 6.07) is 11.3. The lowest BCUT2D eigenvalue weighted by Gasteiger charge is -2.07. The van der Waals surface area contributed by atoms with Gasteiger partial charge in [0.05, 0.1) is 22.8 Å². The molecule has 5 rings (SSSR count). The average molecular weight is 519 g/mol. The van der Waals surface area contributed by atoms with E-state index in [0.29, 0.717) is 21.3 Å². The quantitative estimate of drug-likeness (QED) is 0.336. The molecule has 0 radical (unpaired) electrons. The van der Waals surface area contributed by atoms with Gasteiger partial charge in [-0.2, -0.15) is 17.7 Å². The van der Waals surface area contributed by atoms with Gasteiger partial charge in [-0.25, -0.2) is 9.97 Å². The number of nitrogens with one attached hydrogen (secondary N) is 1. The summed E-state index contributed by atoms with van der Waals surface area (Å²) in [4.78, 5) is 22.1. The largest absolute Gasteiger partial charge is 0.494 e. The maximum atomic E-state index is 13.9. The fourth-order valence-corrected chi connectivity index (χ4v) is 4.13. The van der Waals surface area contributed by atoms with Gasteiger partial charge in [0, 0.05) is 0 Å². The van der Waals surface area contributed by atoms with Crippen molar-refractivity contribution in [3.05, 3.63) is 68.7 Å². The van der Waals surface area contributed by atoms with E-state index in [1.165, 1.54) is 26.2 Å². The third kappa shape index (κ3) is 3.30. The van der Waals surface area contributed by atoms with Crippen molar-refractivity contribution in [1.29, 1.82) is 0 Å². The Kier molecular flexibility index (Phi) is 4.82. The van der Waals surface area contributed by atoms with E-state index in [1.807, 2.05) is 0 Å². The highest BCUT2D eigenvalue weighted by Crippen LogP contribution is 2.39. The molecule has 3 heterocycles. The standard InChI is InChI=1S/C22H14BrF3N4O3/c1-10-14(20-28-16-13(32-2)9-8-12(23)17(16)33-20)21(31)30-19(27-10)15(11-6-4-3-5-7-11)18(29-30)22(24,25)26/h3-9,29H,1-2H3. The first-order valence-corrected chi connectivity index (χ1v) is 10.4. The molecular weight excluding hydrogens is 505 g/mol. The molecule has 11 heteroatoms. The van der Waals surface area contributed by atoms with E-state index in [1.54, 1.807) is 30.3 Å². The van der Waals surface area contributed by atoms with Crippen molar-refractivity contribution >= 4 is 32.7 Å². The van der Waals surface area contributed by atoms with Crippen LogP contribution in [0.2, 0.25) is 0 Å². The zero-order valence-corrected chi connectivity index (χ0v) is 18.7. The zero-order chi connectivity index (χ0) is 23.5. The van der Waals surface area contributed by atoms with Crippen LogP contribution in [0.4, 0.5) is 13.2 Å². The molecule has 0 bridgehead atoms. The number of fused-ring (bicyclic) bond motifs is 2. The minimum atomic E-state index is -4.74. The van der Waals surface area contributed by atoms with E-state index in [-0.39, 0.29) is 33.9 Å². The average Bonchev–Trinajstić information content (AvgIpc) is 3.38. The highest BCUT2D eigenvalue weighted by atomic mass is 79.9. The summed E-state index contributed by atoms with van der Waals surface area (Å²) in [5.74, 6) is 0.338. The van der Waals surface area contributed by atoms with Gasteiger partial charge in [0.15, 0.2) is 16.7 Å². The summed E-state index contributed by atoms with van der Waals surface area (Å²) in [5, 5.41) is 2.19. The number of benzene rings is 2. The second-order valence-corrected chi connectivity index (χ2v) is 8.06. The Labute approximate surface area is 192 Å². The van der Waals surface area contributed by atoms with Crippen LogP contribution in [-0.4, -0.2) is 26.7 Å². The van der Waals surface area contributed by atoms with Gasteiger partial charge >= 0.3 is 6.18 Å². The lowest BCUT2D eigenvalue weighted by atomic mass is 10.1. The summed E-state index contributed by atoms with van der Waals surface area (Å²) >= 11 is 3.36. The molecule has 0 spiro atoms. The maximum Gasteiger partial charge on any atom is 0.433 e. The molecule has 7 nitrogen and oxygen atoms in total. The van der Waals surface area contributed by atoms with Crippen molar-refractivity contribution < 1.29 is 22.3 Å². The number of hydrogen-bond donors (Lipinski definition) is 1. The van der Waals surface area contributed by atoms with Crippen LogP contribution in [0.3, 0.4) is 0 Å². The fraction of sp³-hybridized carbons (Fsp3) is 0.136. The van der Waals surface area contributed by atoms with Gasteiger partial charge in [0.25, 0.3) is 5.56 Å². The lowest BCUT2D eigenvalue weighted by molar-refractivity contribution is -0.140. The fourth-order valence-electron chi connectivity index (χ4n) is 3.73. The third-order valence-corrected chi connectivity index (χ3v) is 5.82. The monoisotopic (exact) mass is 518 g/mol. The SMILES string of the molecule is COc1ccc(Br)c2oc(-c3c(C)nc4c(-c5ccccc5)c(C(F)(F)F)[nH]n4c3=O)nc12. The second kappa shape index (κ2) is 7.48. The molecule has 0 unspecified atom stereocenters. The highest BCUT2D eigenvalue weighted by Gasteiger charge is 2.38. The van der Waals surface area contributed by atoms with Crippen molar-refractivity contribution in [3.63, 3.8) is 0 Å². The molecule has 168 valence electrons. The Morgan fingerprint density at radius 3 is 2.48 bits per heavy atom. The van der Waals surface area contributed by atoms with Crippen LogP contribution in [-0.2, 0) is 6.18 Å². The number of aromatic amines is 1. The number of aromatic nitrogens is 4. The predicted octanol–water partition coefficient (Wildman–Crippen LogP) is 5.60. The lowest BCUT2D eigenvalue weighted by Crippen LogP contribution is -2.20. The van der Waals surface area contributed by atoms with Crippen molar-refractivity contribution in [1.82, 2.24) is 19.6 Å². The van der Waals surface area contributed by atoms with Gasteiger partial charge in [-0.15, -0.1) is 0 Å². The van der Waals surface area contributed by atoms with Gasteiger partial charge in [-0.05, 0) is 40.5 Å². The number of H-pyrrole nitrogens is 1. The first-order chi connectivity index (χ1) is 15.7. The Balaban J connectivity index is 1.83. The number of ether oxygens (including phenoxy) is 1. The van der Waals surface area contributed by atoms with Gasteiger partial charge in [-0.1, -0.05) is 30.3 Å². The summed E-state index contributed by atoms with van der Waals surface area (Å²) in [5.41, 5.74) is -1.12. The van der Waals surface area contributed by atoms with Gasteiger partial charge in [0.2, 0.25) is 5.89 Å². The molecule has 3 aromatic heterocycles. The van der Waals surface area contributed by atoms with E-state index in [4.69, 9.17) is 9.15 Å². The van der Waals surface area contributed by atoms with E-state index >= 15 is 0 Å². The first kappa shape index (κ1) is 21.3. The molecule has 5 aromatic rings. The van der Waals surface area contributed by atoms with Crippen molar-refractivity contribution in [2.45, 2.75) is 13.1 Å². The normalized spacial score (nSPS) is 12.1. The summed E-state index contributed by atoms with van der Waals surface area (Å²) in [7, 11) is 1.47. The van der Waals surface area contributed by atoms with Crippen LogP contribution in [0.15, 0.2) is 56.1 Å². The summed E-state index contributed by atoms with van der Waals surface area (Å²) in [6.45, 7) is 1.52. The van der Waals surface area contributed by atoms with Crippen molar-refractivity contribution in [2.75, 3.05) is 7.11 Å². The molecule has 0 amide bonds. The number of hydrogen-bond acceptors (Lipinski definition) is 5. The van der Waals surface area contributed by atoms with Gasteiger partial charge < -0.3 is 9.15 Å². The predicted molar refractivity (Wildman–Crippen MR) is 118 cm³/mol. The number of halogens is 4. The summed E-state index contributed by atoms with van der Waals surface area (Å²) < 4.78 is 54.1. The minimum absolute atomic E-state index is 0.0627. The molecule has 0 atom stereocenters. The molecule has 33 heavy (non-hydrogen) atoms. The van der Waals surface area contributed by atoms with Crippen LogP contribution in [0.1, 0.15) is 11.4 Å². The van der Waals surface area contributed by atoms with Gasteiger partial charge in [-0.3, -0.25) is 9.89 Å². The minimum Gasteiger partial charge on any atom is -0.494 e. The molecule has 2 aromatic carbocycles. The zero-order valence-electron chi connectivity index (χ0n) is 17.1. The second-order valence-electron chi connectivity index (χ2n) is 7.21. The summed E-state index contributed by atoms with van der Waals surface area (Å²) in [6.07, 6.45) is -4.74. The smallest absolute Gasteiger partial charge is 0.433 e. The van der Waals surface area contributed by atoms with E-state index in [9.17, 15) is 18.0 Å². The van der Waals surface area contributed by atoms with Gasteiger partial charge in [0.1, 0.15) is 17.0 Å². The molecular formula is C22H14BrF3N4O3. The molecule has 0 aliphatic heterocycles. The Morgan fingerprint density at radius 1 is 1.09 bits per heavy atom. The Morgan fingerprint density at radius 2 is 1.82 bits per heavy atom. The number of nitrogens with zero attached hydrogens (tertiary/aromatic N) is 3. The molecule has 0 saturated carbocycles. The topological polar surface area (TPSA) is 85.4 Å². The van der Waals surface area contributed by atoms with E-state index in [2.05, 4.69) is 31.0 Å². The molecule has 0 fully saturated rings. The Hall–Kier alpha value is -3.60. The highest BCUT2D eigenvalue weighted by molar-refractivity contribution is 9.10.